The molecule has 14 nitrogen and oxygen atoms in total. The Bertz CT molecular complexity index is 2220. The largest absolute Gasteiger partial charge is 0.493 e. The molecule has 2 heterocycles. The van der Waals surface area contributed by atoms with Crippen molar-refractivity contribution in [1.29, 1.82) is 0 Å². The molecule has 0 aromatic heterocycles. The fourth-order valence-electron chi connectivity index (χ4n) is 6.96. The lowest BCUT2D eigenvalue weighted by Crippen LogP contribution is -2.45. The van der Waals surface area contributed by atoms with Gasteiger partial charge in [0.1, 0.15) is 6.61 Å². The maximum absolute atomic E-state index is 14.5. The summed E-state index contributed by atoms with van der Waals surface area (Å²) in [6.07, 6.45) is 14.0. The van der Waals surface area contributed by atoms with Gasteiger partial charge in [-0.1, -0.05) is 78.5 Å². The molecule has 2 atom stereocenters. The van der Waals surface area contributed by atoms with Crippen LogP contribution in [0.4, 0.5) is 16.2 Å². The number of carbonyl (C=O) groups is 3. The summed E-state index contributed by atoms with van der Waals surface area (Å²) in [7, 11) is -1.22. The van der Waals surface area contributed by atoms with Crippen molar-refractivity contribution in [3.8, 4) is 23.0 Å². The highest BCUT2D eigenvalue weighted by atomic mass is 28.4. The highest BCUT2D eigenvalue weighted by Crippen LogP contribution is 2.41. The number of nitrogen functional groups attached to an aromatic ring is 1. The molecule has 0 bridgehead atoms. The van der Waals surface area contributed by atoms with Crippen molar-refractivity contribution >= 4 is 45.9 Å². The highest BCUT2D eigenvalue weighted by Gasteiger charge is 2.41. The van der Waals surface area contributed by atoms with Crippen LogP contribution in [0.2, 0.25) is 36.3 Å². The standard InChI is InChI=1S/C51H76N4O10Si2/c1-16-20-35-25-37(33-64-66(12,13)50(4,5)6)54(31-35)47(56)39-27-43(59-10)45(29-41(39)52)61-23-19-24-62-46-30-42(53-49(58)63-22-18-3)40(28-44(46)60-11)48(57)55-32-36(21-17-2)26-38(55)34-65-67(14,15)51(7,8)9/h16-18,20-21,27-32,37-38H,3,19,22-26,33-34,52H2,1-2,4-15H3,(H,53,58)/t37-,38-/m0/s1. The van der Waals surface area contributed by atoms with Gasteiger partial charge < -0.3 is 48.1 Å². The van der Waals surface area contributed by atoms with Crippen molar-refractivity contribution in [1.82, 2.24) is 9.80 Å². The Labute approximate surface area is 401 Å². The fraction of sp³-hybridized carbons (Fsp3) is 0.510. The van der Waals surface area contributed by atoms with Crippen LogP contribution in [-0.4, -0.2) is 104 Å². The Morgan fingerprint density at radius 3 is 1.61 bits per heavy atom. The number of ether oxygens (including phenoxy) is 5. The van der Waals surface area contributed by atoms with E-state index in [0.29, 0.717) is 49.5 Å². The second-order valence-corrected chi connectivity index (χ2v) is 29.5. The number of nitrogens with zero attached hydrogens (tertiary/aromatic N) is 2. The average molecular weight is 961 g/mol. The van der Waals surface area contributed by atoms with Gasteiger partial charge in [0.05, 0.1) is 69.5 Å². The summed E-state index contributed by atoms with van der Waals surface area (Å²) in [5.74, 6) is 0.682. The Kier molecular flexibility index (Phi) is 18.8. The molecule has 4 rings (SSSR count). The monoisotopic (exact) mass is 961 g/mol. The van der Waals surface area contributed by atoms with Crippen LogP contribution in [0.3, 0.4) is 0 Å². The number of rotatable bonds is 21. The number of benzene rings is 2. The van der Waals surface area contributed by atoms with Crippen molar-refractivity contribution in [2.24, 2.45) is 0 Å². The summed E-state index contributed by atoms with van der Waals surface area (Å²) < 4.78 is 42.2. The number of carbonyl (C=O) groups excluding carboxylic acids is 3. The predicted octanol–water partition coefficient (Wildman–Crippen LogP) is 11.3. The van der Waals surface area contributed by atoms with Gasteiger partial charge in [-0.3, -0.25) is 14.9 Å². The first-order chi connectivity index (χ1) is 31.4. The van der Waals surface area contributed by atoms with Crippen LogP contribution in [-0.2, 0) is 13.6 Å². The van der Waals surface area contributed by atoms with Gasteiger partial charge in [-0.05, 0) is 86.2 Å². The van der Waals surface area contributed by atoms with Crippen molar-refractivity contribution in [3.05, 3.63) is 95.9 Å². The Hall–Kier alpha value is -5.30. The molecule has 3 N–H and O–H groups in total. The third-order valence-corrected chi connectivity index (χ3v) is 21.9. The molecule has 2 aromatic rings. The van der Waals surface area contributed by atoms with Gasteiger partial charge in [0, 0.05) is 36.6 Å². The number of anilines is 2. The smallest absolute Gasteiger partial charge is 0.411 e. The molecule has 16 heteroatoms. The minimum absolute atomic E-state index is 0.0132. The zero-order chi connectivity index (χ0) is 49.9. The van der Waals surface area contributed by atoms with E-state index in [9.17, 15) is 14.4 Å². The first kappa shape index (κ1) is 54.3. The number of hydrogen-bond acceptors (Lipinski definition) is 11. The number of hydrogen-bond donors (Lipinski definition) is 2. The van der Waals surface area contributed by atoms with Gasteiger partial charge in [-0.25, -0.2) is 4.79 Å². The maximum atomic E-state index is 14.5. The van der Waals surface area contributed by atoms with Gasteiger partial charge in [0.15, 0.2) is 39.6 Å². The van der Waals surface area contributed by atoms with Gasteiger partial charge in [0.25, 0.3) is 11.8 Å². The number of allylic oxidation sites excluding steroid dienone is 4. The van der Waals surface area contributed by atoms with Crippen molar-refractivity contribution in [2.45, 2.75) is 123 Å². The van der Waals surface area contributed by atoms with Gasteiger partial charge in [0.2, 0.25) is 0 Å². The highest BCUT2D eigenvalue weighted by molar-refractivity contribution is 6.74. The molecule has 0 saturated carbocycles. The molecule has 0 spiro atoms. The Morgan fingerprint density at radius 2 is 1.18 bits per heavy atom. The molecular formula is C51H76N4O10Si2. The van der Waals surface area contributed by atoms with E-state index < -0.39 is 22.7 Å². The van der Waals surface area contributed by atoms with E-state index in [0.717, 1.165) is 11.1 Å². The SMILES string of the molecule is C=CCOC(=O)Nc1cc(OCCCOc2cc(N)c(C(=O)N3C=C(C=CC)C[C@H]3CO[Si](C)(C)C(C)(C)C)cc2OC)c(OC)cc1C(=O)N1C=C(C=CC)C[C@H]1CO[Si](C)(C)C(C)(C)C. The van der Waals surface area contributed by atoms with Gasteiger partial charge >= 0.3 is 6.09 Å². The minimum atomic E-state index is -2.14. The molecule has 3 amide bonds. The minimum Gasteiger partial charge on any atom is -0.493 e. The van der Waals surface area contributed by atoms with Gasteiger partial charge in [-0.2, -0.15) is 0 Å². The number of nitrogens with one attached hydrogen (secondary N) is 1. The summed E-state index contributed by atoms with van der Waals surface area (Å²) >= 11 is 0. The lowest BCUT2D eigenvalue weighted by Gasteiger charge is -2.38. The summed E-state index contributed by atoms with van der Waals surface area (Å²) in [4.78, 5) is 45.0. The van der Waals surface area contributed by atoms with Crippen molar-refractivity contribution < 1.29 is 46.9 Å². The molecule has 2 aromatic carbocycles. The molecule has 2 aliphatic rings. The molecular weight excluding hydrogens is 885 g/mol. The van der Waals surface area contributed by atoms with E-state index in [1.807, 2.05) is 50.6 Å². The molecule has 0 fully saturated rings. The van der Waals surface area contributed by atoms with E-state index in [4.69, 9.17) is 38.3 Å². The third kappa shape index (κ3) is 13.9. The normalized spacial score (nSPS) is 16.9. The van der Waals surface area contributed by atoms with Crippen LogP contribution in [0.1, 0.15) is 95.4 Å². The van der Waals surface area contributed by atoms with Crippen LogP contribution in [0.25, 0.3) is 0 Å². The first-order valence-corrected chi connectivity index (χ1v) is 28.8. The van der Waals surface area contributed by atoms with Crippen LogP contribution in [0.15, 0.2) is 84.8 Å². The first-order valence-electron chi connectivity index (χ1n) is 23.0. The lowest BCUT2D eigenvalue weighted by molar-refractivity contribution is 0.0731. The Balaban J connectivity index is 1.52. The van der Waals surface area contributed by atoms with Crippen LogP contribution >= 0.6 is 0 Å². The van der Waals surface area contributed by atoms with E-state index in [1.165, 1.54) is 20.3 Å². The number of amides is 3. The van der Waals surface area contributed by atoms with Gasteiger partial charge in [-0.15, -0.1) is 0 Å². The molecule has 0 aliphatic carbocycles. The zero-order valence-corrected chi connectivity index (χ0v) is 44.4. The van der Waals surface area contributed by atoms with E-state index >= 15 is 0 Å². The predicted molar refractivity (Wildman–Crippen MR) is 272 cm³/mol. The fourth-order valence-corrected chi connectivity index (χ4v) is 9.05. The summed E-state index contributed by atoms with van der Waals surface area (Å²) in [6, 6.07) is 5.86. The molecule has 0 radical (unpaired) electrons. The zero-order valence-electron chi connectivity index (χ0n) is 42.4. The number of nitrogens with two attached hydrogens (primary N) is 1. The second-order valence-electron chi connectivity index (χ2n) is 19.9. The summed E-state index contributed by atoms with van der Waals surface area (Å²) in [6.45, 7) is 30.5. The van der Waals surface area contributed by atoms with E-state index in [1.54, 1.807) is 34.1 Å². The van der Waals surface area contributed by atoms with Crippen LogP contribution in [0, 0.1) is 0 Å². The average Bonchev–Trinajstić information content (AvgIpc) is 3.86. The second kappa shape index (κ2) is 23.1. The van der Waals surface area contributed by atoms with Crippen LogP contribution < -0.4 is 30.0 Å². The summed E-state index contributed by atoms with van der Waals surface area (Å²) in [5.41, 5.74) is 9.46. The molecule has 0 unspecified atom stereocenters. The van der Waals surface area contributed by atoms with E-state index in [-0.39, 0.29) is 82.2 Å². The molecule has 368 valence electrons. The van der Waals surface area contributed by atoms with Crippen molar-refractivity contribution in [3.63, 3.8) is 0 Å². The maximum Gasteiger partial charge on any atom is 0.411 e. The van der Waals surface area contributed by atoms with E-state index in [2.05, 4.69) is 79.6 Å². The van der Waals surface area contributed by atoms with Crippen molar-refractivity contribution in [2.75, 3.05) is 58.3 Å². The molecule has 2 aliphatic heterocycles. The number of methoxy groups -OCH3 is 2. The summed E-state index contributed by atoms with van der Waals surface area (Å²) in [5, 5.41) is 2.74. The lowest BCUT2D eigenvalue weighted by atomic mass is 10.1. The molecule has 0 saturated heterocycles. The third-order valence-electron chi connectivity index (χ3n) is 12.9. The Morgan fingerprint density at radius 1 is 0.731 bits per heavy atom. The molecule has 67 heavy (non-hydrogen) atoms. The topological polar surface area (TPSA) is 160 Å². The van der Waals surface area contributed by atoms with Crippen LogP contribution in [0.5, 0.6) is 23.0 Å². The quantitative estimate of drug-likeness (QED) is 0.0530.